The van der Waals surface area contributed by atoms with Crippen molar-refractivity contribution < 1.29 is 9.59 Å². The Kier molecular flexibility index (Phi) is 7.22. The van der Waals surface area contributed by atoms with Gasteiger partial charge in [0.25, 0.3) is 0 Å². The van der Waals surface area contributed by atoms with E-state index in [-0.39, 0.29) is 11.6 Å². The Hall–Kier alpha value is -3.00. The highest BCUT2D eigenvalue weighted by molar-refractivity contribution is 6.26. The smallest absolute Gasteiger partial charge is 0.190 e. The Morgan fingerprint density at radius 1 is 0.806 bits per heavy atom. The zero-order valence-electron chi connectivity index (χ0n) is 19.3. The molecule has 2 heteroatoms. The molecule has 0 radical (unpaired) electrons. The van der Waals surface area contributed by atoms with Gasteiger partial charge in [0.2, 0.25) is 0 Å². The van der Waals surface area contributed by atoms with Gasteiger partial charge in [-0.25, -0.2) is 0 Å². The summed E-state index contributed by atoms with van der Waals surface area (Å²) >= 11 is 0. The normalized spacial score (nSPS) is 14.9. The first kappa shape index (κ1) is 22.7. The molecule has 0 bridgehead atoms. The third kappa shape index (κ3) is 5.19. The molecule has 1 aliphatic carbocycles. The Morgan fingerprint density at radius 2 is 1.48 bits per heavy atom. The van der Waals surface area contributed by atoms with Crippen molar-refractivity contribution in [3.05, 3.63) is 105 Å². The molecule has 0 heterocycles. The maximum absolute atomic E-state index is 12.9. The number of hydrogen-bond acceptors (Lipinski definition) is 2. The van der Waals surface area contributed by atoms with Crippen molar-refractivity contribution >= 4 is 11.6 Å². The summed E-state index contributed by atoms with van der Waals surface area (Å²) < 4.78 is 0. The number of rotatable bonds is 7. The van der Waals surface area contributed by atoms with Crippen molar-refractivity contribution in [2.45, 2.75) is 60.3 Å². The van der Waals surface area contributed by atoms with Crippen molar-refractivity contribution in [1.82, 2.24) is 0 Å². The lowest BCUT2D eigenvalue weighted by Crippen LogP contribution is -2.20. The lowest BCUT2D eigenvalue weighted by molar-refractivity contribution is 0.0973. The summed E-state index contributed by atoms with van der Waals surface area (Å²) in [5, 5.41) is 0. The summed E-state index contributed by atoms with van der Waals surface area (Å²) in [6.07, 6.45) is 7.85. The van der Waals surface area contributed by atoms with Crippen molar-refractivity contribution in [2.24, 2.45) is 0 Å². The largest absolute Gasteiger partial charge is 0.289 e. The van der Waals surface area contributed by atoms with Crippen LogP contribution in [0.25, 0.3) is 0 Å². The second-order valence-corrected chi connectivity index (χ2v) is 8.69. The van der Waals surface area contributed by atoms with Crippen molar-refractivity contribution in [1.29, 1.82) is 0 Å². The summed E-state index contributed by atoms with van der Waals surface area (Å²) in [4.78, 5) is 25.5. The van der Waals surface area contributed by atoms with E-state index in [2.05, 4.69) is 58.0 Å². The van der Waals surface area contributed by atoms with E-state index in [0.717, 1.165) is 19.3 Å². The molecule has 0 aromatic heterocycles. The maximum Gasteiger partial charge on any atom is 0.190 e. The van der Waals surface area contributed by atoms with Crippen molar-refractivity contribution in [2.75, 3.05) is 0 Å². The van der Waals surface area contributed by atoms with E-state index in [1.54, 1.807) is 19.1 Å². The second kappa shape index (κ2) is 9.87. The van der Waals surface area contributed by atoms with E-state index in [1.807, 2.05) is 12.1 Å². The average Bonchev–Trinajstić information content (AvgIpc) is 2.75. The molecule has 0 saturated carbocycles. The van der Waals surface area contributed by atoms with Crippen LogP contribution in [0.2, 0.25) is 0 Å². The minimum Gasteiger partial charge on any atom is -0.289 e. The fourth-order valence-corrected chi connectivity index (χ4v) is 4.10. The fourth-order valence-electron chi connectivity index (χ4n) is 4.10. The van der Waals surface area contributed by atoms with Gasteiger partial charge < -0.3 is 0 Å². The molecule has 2 aromatic rings. The number of ketones is 2. The Bertz CT molecular complexity index is 1110. The minimum atomic E-state index is -0.0266. The molecule has 2 nitrogen and oxygen atoms in total. The van der Waals surface area contributed by atoms with Gasteiger partial charge in [0.05, 0.1) is 0 Å². The molecule has 0 unspecified atom stereocenters. The first-order valence-corrected chi connectivity index (χ1v) is 11.0. The highest BCUT2D eigenvalue weighted by atomic mass is 16.1. The van der Waals surface area contributed by atoms with E-state index in [0.29, 0.717) is 28.7 Å². The summed E-state index contributed by atoms with van der Waals surface area (Å²) in [5.74, 6) is -0.0396. The van der Waals surface area contributed by atoms with Crippen LogP contribution in [-0.4, -0.2) is 11.6 Å². The summed E-state index contributed by atoms with van der Waals surface area (Å²) in [6.45, 7) is 10.4. The molecule has 2 aromatic carbocycles. The number of aryl methyl sites for hydroxylation is 1. The maximum atomic E-state index is 12.9. The van der Waals surface area contributed by atoms with Gasteiger partial charge in [-0.15, -0.1) is 0 Å². The Morgan fingerprint density at radius 3 is 2.19 bits per heavy atom. The Balaban J connectivity index is 1.60. The molecular formula is C29H32O2. The molecule has 0 spiro atoms. The van der Waals surface area contributed by atoms with Crippen LogP contribution in [0.1, 0.15) is 77.4 Å². The first-order valence-electron chi connectivity index (χ1n) is 11.0. The quantitative estimate of drug-likeness (QED) is 0.447. The van der Waals surface area contributed by atoms with E-state index in [4.69, 9.17) is 0 Å². The van der Waals surface area contributed by atoms with Gasteiger partial charge in [0, 0.05) is 22.3 Å². The fraction of sp³-hybridized carbons (Fsp3) is 0.310. The number of benzene rings is 2. The summed E-state index contributed by atoms with van der Waals surface area (Å²) in [5.41, 5.74) is 9.00. The van der Waals surface area contributed by atoms with Crippen LogP contribution in [0, 0.1) is 13.8 Å². The lowest BCUT2D eigenvalue weighted by Gasteiger charge is -2.18. The average molecular weight is 413 g/mol. The molecule has 0 atom stereocenters. The number of carbonyl (C=O) groups excluding carboxylic acids is 2. The van der Waals surface area contributed by atoms with E-state index < -0.39 is 0 Å². The van der Waals surface area contributed by atoms with E-state index in [9.17, 15) is 9.59 Å². The van der Waals surface area contributed by atoms with Crippen LogP contribution in [0.15, 0.2) is 76.9 Å². The van der Waals surface area contributed by atoms with Crippen LogP contribution in [0.4, 0.5) is 0 Å². The van der Waals surface area contributed by atoms with Crippen LogP contribution < -0.4 is 0 Å². The molecule has 31 heavy (non-hydrogen) atoms. The zero-order chi connectivity index (χ0) is 22.5. The lowest BCUT2D eigenvalue weighted by atomic mass is 9.83. The summed E-state index contributed by atoms with van der Waals surface area (Å²) in [6, 6.07) is 13.6. The second-order valence-electron chi connectivity index (χ2n) is 8.69. The topological polar surface area (TPSA) is 34.1 Å². The number of carbonyl (C=O) groups is 2. The van der Waals surface area contributed by atoms with Gasteiger partial charge in [0.15, 0.2) is 11.6 Å². The molecule has 1 aliphatic rings. The first-order chi connectivity index (χ1) is 14.8. The number of Topliss-reactive ketones (excluding diaryl/α,β-unsaturated/α-hetero) is 2. The molecule has 0 saturated heterocycles. The molecule has 3 rings (SSSR count). The van der Waals surface area contributed by atoms with Gasteiger partial charge in [-0.2, -0.15) is 0 Å². The van der Waals surface area contributed by atoms with Gasteiger partial charge in [-0.3, -0.25) is 9.59 Å². The van der Waals surface area contributed by atoms with Gasteiger partial charge >= 0.3 is 0 Å². The highest BCUT2D eigenvalue weighted by Gasteiger charge is 2.28. The standard InChI is InChI=1S/C29H32O2/c1-19(10-8-11-20(2)18-24-13-9-12-21(3)22(24)4)16-17-25-23(5)28(30)26-14-6-7-15-27(26)29(25)31/h6-7,9,11-16H,8,10,17-18H2,1-5H3/b19-16+,20-11+. The van der Waals surface area contributed by atoms with Crippen LogP contribution in [0.3, 0.4) is 0 Å². The third-order valence-electron chi connectivity index (χ3n) is 6.36. The predicted molar refractivity (Wildman–Crippen MR) is 129 cm³/mol. The molecule has 0 aliphatic heterocycles. The predicted octanol–water partition coefficient (Wildman–Crippen LogP) is 7.30. The Labute approximate surface area is 186 Å². The SMILES string of the molecule is CC1=C(C/C=C(\C)CC/C=C(\C)Cc2cccc(C)c2C)C(=O)c2ccccc2C1=O. The van der Waals surface area contributed by atoms with Crippen LogP contribution >= 0.6 is 0 Å². The summed E-state index contributed by atoms with van der Waals surface area (Å²) in [7, 11) is 0. The van der Waals surface area contributed by atoms with Crippen LogP contribution in [0.5, 0.6) is 0 Å². The number of hydrogen-bond donors (Lipinski definition) is 0. The highest BCUT2D eigenvalue weighted by Crippen LogP contribution is 2.28. The van der Waals surface area contributed by atoms with E-state index >= 15 is 0 Å². The van der Waals surface area contributed by atoms with Crippen molar-refractivity contribution in [3.8, 4) is 0 Å². The number of allylic oxidation sites excluding steroid dienone is 6. The van der Waals surface area contributed by atoms with Crippen molar-refractivity contribution in [3.63, 3.8) is 0 Å². The van der Waals surface area contributed by atoms with Crippen LogP contribution in [-0.2, 0) is 6.42 Å². The molecule has 0 N–H and O–H groups in total. The van der Waals surface area contributed by atoms with Gasteiger partial charge in [0.1, 0.15) is 0 Å². The van der Waals surface area contributed by atoms with Gasteiger partial charge in [-0.1, -0.05) is 65.8 Å². The number of fused-ring (bicyclic) bond motifs is 1. The molecule has 0 amide bonds. The van der Waals surface area contributed by atoms with E-state index in [1.165, 1.54) is 27.8 Å². The van der Waals surface area contributed by atoms with Gasteiger partial charge in [-0.05, 0) is 77.0 Å². The molecule has 0 fully saturated rings. The third-order valence-corrected chi connectivity index (χ3v) is 6.36. The zero-order valence-corrected chi connectivity index (χ0v) is 19.3. The molecule has 160 valence electrons. The molecular weight excluding hydrogens is 380 g/mol. The minimum absolute atomic E-state index is 0.0129. The monoisotopic (exact) mass is 412 g/mol.